The Labute approximate surface area is 126 Å². The highest BCUT2D eigenvalue weighted by molar-refractivity contribution is 5.90. The molecule has 2 saturated heterocycles. The lowest BCUT2D eigenvalue weighted by atomic mass is 10.2. The van der Waals surface area contributed by atoms with Crippen molar-refractivity contribution >= 4 is 17.5 Å². The van der Waals surface area contributed by atoms with E-state index in [1.807, 2.05) is 0 Å². The normalized spacial score (nSPS) is 22.7. The summed E-state index contributed by atoms with van der Waals surface area (Å²) in [6, 6.07) is 2.33. The summed E-state index contributed by atoms with van der Waals surface area (Å²) < 4.78 is 33.7. The van der Waals surface area contributed by atoms with E-state index in [4.69, 9.17) is 9.57 Å². The molecule has 8 heteroatoms. The molecule has 0 aromatic heterocycles. The third kappa shape index (κ3) is 2.84. The summed E-state index contributed by atoms with van der Waals surface area (Å²) in [4.78, 5) is 19.5. The van der Waals surface area contributed by atoms with Crippen molar-refractivity contribution < 1.29 is 23.1 Å². The van der Waals surface area contributed by atoms with Gasteiger partial charge in [-0.15, -0.1) is 0 Å². The van der Waals surface area contributed by atoms with Gasteiger partial charge in [0.05, 0.1) is 18.8 Å². The Kier molecular flexibility index (Phi) is 4.12. The summed E-state index contributed by atoms with van der Waals surface area (Å²) in [5.41, 5.74) is 2.76. The maximum Gasteiger partial charge on any atom is 0.414 e. The number of hydrogen-bond donors (Lipinski definition) is 1. The average molecular weight is 313 g/mol. The van der Waals surface area contributed by atoms with Crippen molar-refractivity contribution in [3.63, 3.8) is 0 Å². The molecule has 2 fully saturated rings. The molecular weight excluding hydrogens is 296 g/mol. The molecule has 2 aliphatic heterocycles. The maximum atomic E-state index is 14.4. The fourth-order valence-corrected chi connectivity index (χ4v) is 2.64. The van der Waals surface area contributed by atoms with Crippen LogP contribution < -0.4 is 15.3 Å². The molecule has 0 unspecified atom stereocenters. The molecule has 0 saturated carbocycles. The van der Waals surface area contributed by atoms with Gasteiger partial charge < -0.3 is 9.64 Å². The molecule has 2 aliphatic rings. The Hall–Kier alpha value is -1.93. The van der Waals surface area contributed by atoms with Crippen molar-refractivity contribution in [2.24, 2.45) is 0 Å². The first-order chi connectivity index (χ1) is 10.6. The second kappa shape index (κ2) is 6.05. The molecule has 0 radical (unpaired) electrons. The minimum atomic E-state index is -0.704. The molecule has 22 heavy (non-hydrogen) atoms. The van der Waals surface area contributed by atoms with Crippen LogP contribution in [0.3, 0.4) is 0 Å². The minimum Gasteiger partial charge on any atom is -0.444 e. The number of rotatable bonds is 2. The quantitative estimate of drug-likeness (QED) is 0.900. The van der Waals surface area contributed by atoms with Crippen molar-refractivity contribution in [2.75, 3.05) is 42.6 Å². The zero-order valence-electron chi connectivity index (χ0n) is 12.1. The Bertz CT molecular complexity index is 553. The number of hydroxylamine groups is 1. The zero-order valence-corrected chi connectivity index (χ0v) is 12.1. The monoisotopic (exact) mass is 313 g/mol. The molecule has 2 heterocycles. The van der Waals surface area contributed by atoms with Crippen LogP contribution in [0.4, 0.5) is 25.0 Å². The Morgan fingerprint density at radius 3 is 2.64 bits per heavy atom. The third-order valence-electron chi connectivity index (χ3n) is 3.64. The number of ether oxygens (including phenoxy) is 1. The highest BCUT2D eigenvalue weighted by Crippen LogP contribution is 2.31. The van der Waals surface area contributed by atoms with E-state index in [-0.39, 0.29) is 24.0 Å². The van der Waals surface area contributed by atoms with E-state index in [9.17, 15) is 13.6 Å². The van der Waals surface area contributed by atoms with Gasteiger partial charge in [-0.05, 0) is 6.92 Å². The van der Waals surface area contributed by atoms with Crippen LogP contribution in [0.1, 0.15) is 6.92 Å². The SMILES string of the molecule is C[C@H]1CN(c2cc(F)c(N3CCNOCC3)c(F)c2)C(=O)O1. The first kappa shape index (κ1) is 15.0. The number of cyclic esters (lactones) is 1. The fraction of sp³-hybridized carbons (Fsp3) is 0.500. The first-order valence-corrected chi connectivity index (χ1v) is 7.13. The molecule has 1 N–H and O–H groups in total. The number of benzene rings is 1. The van der Waals surface area contributed by atoms with E-state index >= 15 is 0 Å². The Balaban J connectivity index is 1.89. The summed E-state index contributed by atoms with van der Waals surface area (Å²) in [6.07, 6.45) is -0.890. The van der Waals surface area contributed by atoms with Crippen LogP contribution in [-0.2, 0) is 9.57 Å². The van der Waals surface area contributed by atoms with Gasteiger partial charge in [0.1, 0.15) is 11.8 Å². The second-order valence-corrected chi connectivity index (χ2v) is 5.29. The summed E-state index contributed by atoms with van der Waals surface area (Å²) in [5, 5.41) is 0. The highest BCUT2D eigenvalue weighted by atomic mass is 19.1. The van der Waals surface area contributed by atoms with Crippen molar-refractivity contribution in [3.05, 3.63) is 23.8 Å². The van der Waals surface area contributed by atoms with E-state index < -0.39 is 17.7 Å². The predicted molar refractivity (Wildman–Crippen MR) is 75.8 cm³/mol. The summed E-state index contributed by atoms with van der Waals surface area (Å²) in [6.45, 7) is 3.61. The van der Waals surface area contributed by atoms with Crippen LogP contribution in [0.15, 0.2) is 12.1 Å². The number of carbonyl (C=O) groups excluding carboxylic acids is 1. The lowest BCUT2D eigenvalue weighted by Crippen LogP contribution is -2.30. The molecule has 0 spiro atoms. The molecule has 120 valence electrons. The topological polar surface area (TPSA) is 54.0 Å². The first-order valence-electron chi connectivity index (χ1n) is 7.13. The molecule has 0 bridgehead atoms. The van der Waals surface area contributed by atoms with E-state index in [2.05, 4.69) is 5.48 Å². The molecule has 6 nitrogen and oxygen atoms in total. The number of nitrogens with one attached hydrogen (secondary N) is 1. The molecule has 1 aromatic rings. The van der Waals surface area contributed by atoms with Gasteiger partial charge in [-0.2, -0.15) is 0 Å². The molecule has 1 atom stereocenters. The number of hydrogen-bond acceptors (Lipinski definition) is 5. The van der Waals surface area contributed by atoms with Gasteiger partial charge in [0.25, 0.3) is 0 Å². The van der Waals surface area contributed by atoms with Crippen LogP contribution in [0.2, 0.25) is 0 Å². The average Bonchev–Trinajstić information content (AvgIpc) is 2.65. The van der Waals surface area contributed by atoms with Crippen LogP contribution >= 0.6 is 0 Å². The summed E-state index contributed by atoms with van der Waals surface area (Å²) in [5.74, 6) is -1.41. The van der Waals surface area contributed by atoms with E-state index in [0.717, 1.165) is 12.1 Å². The van der Waals surface area contributed by atoms with Crippen molar-refractivity contribution in [1.29, 1.82) is 0 Å². The van der Waals surface area contributed by atoms with Crippen molar-refractivity contribution in [3.8, 4) is 0 Å². The van der Waals surface area contributed by atoms with Crippen LogP contribution in [0.25, 0.3) is 0 Å². The highest BCUT2D eigenvalue weighted by Gasteiger charge is 2.31. The molecule has 3 rings (SSSR count). The van der Waals surface area contributed by atoms with Crippen LogP contribution in [0, 0.1) is 11.6 Å². The fourth-order valence-electron chi connectivity index (χ4n) is 2.64. The van der Waals surface area contributed by atoms with E-state index in [1.54, 1.807) is 11.8 Å². The molecular formula is C14H17F2N3O3. The van der Waals surface area contributed by atoms with Crippen LogP contribution in [-0.4, -0.2) is 45.0 Å². The summed E-state index contributed by atoms with van der Waals surface area (Å²) >= 11 is 0. The van der Waals surface area contributed by atoms with Gasteiger partial charge in [-0.25, -0.2) is 19.1 Å². The van der Waals surface area contributed by atoms with Crippen molar-refractivity contribution in [1.82, 2.24) is 5.48 Å². The standard InChI is InChI=1S/C14H17F2N3O3/c1-9-8-19(14(20)22-9)10-6-11(15)13(12(16)7-10)18-3-2-17-21-5-4-18/h6-7,9,17H,2-5,8H2,1H3/t9-/m0/s1. The van der Waals surface area contributed by atoms with Gasteiger partial charge in [0, 0.05) is 31.8 Å². The lowest BCUT2D eigenvalue weighted by Gasteiger charge is -2.24. The zero-order chi connectivity index (χ0) is 15.7. The molecule has 1 amide bonds. The third-order valence-corrected chi connectivity index (χ3v) is 3.64. The van der Waals surface area contributed by atoms with Gasteiger partial charge in [-0.3, -0.25) is 9.74 Å². The van der Waals surface area contributed by atoms with Crippen molar-refractivity contribution in [2.45, 2.75) is 13.0 Å². The maximum absolute atomic E-state index is 14.4. The number of nitrogens with zero attached hydrogens (tertiary/aromatic N) is 2. The predicted octanol–water partition coefficient (Wildman–Crippen LogP) is 1.65. The largest absolute Gasteiger partial charge is 0.444 e. The molecule has 1 aromatic carbocycles. The van der Waals surface area contributed by atoms with E-state index in [1.165, 1.54) is 4.90 Å². The second-order valence-electron chi connectivity index (χ2n) is 5.29. The number of anilines is 2. The van der Waals surface area contributed by atoms with E-state index in [0.29, 0.717) is 26.2 Å². The number of amides is 1. The minimum absolute atomic E-state index is 0.100. The van der Waals surface area contributed by atoms with Crippen LogP contribution in [0.5, 0.6) is 0 Å². The van der Waals surface area contributed by atoms with Gasteiger partial charge >= 0.3 is 6.09 Å². The number of carbonyl (C=O) groups is 1. The van der Waals surface area contributed by atoms with Gasteiger partial charge in [0.15, 0.2) is 11.6 Å². The summed E-state index contributed by atoms with van der Waals surface area (Å²) in [7, 11) is 0. The Morgan fingerprint density at radius 2 is 2.00 bits per heavy atom. The molecule has 0 aliphatic carbocycles. The Morgan fingerprint density at radius 1 is 1.27 bits per heavy atom. The van der Waals surface area contributed by atoms with Gasteiger partial charge in [-0.1, -0.05) is 0 Å². The van der Waals surface area contributed by atoms with Gasteiger partial charge in [0.2, 0.25) is 0 Å². The lowest BCUT2D eigenvalue weighted by molar-refractivity contribution is 0.0589. The smallest absolute Gasteiger partial charge is 0.414 e. The number of halogens is 2.